The van der Waals surface area contributed by atoms with E-state index in [0.717, 1.165) is 12.3 Å². The molecule has 23 heavy (non-hydrogen) atoms. The lowest BCUT2D eigenvalue weighted by molar-refractivity contribution is -0.154. The van der Waals surface area contributed by atoms with E-state index >= 15 is 0 Å². The molecule has 0 unspecified atom stereocenters. The number of rotatable bonds is 5. The fraction of sp³-hybridized carbons (Fsp3) is 0.500. The molecule has 0 bridgehead atoms. The molecule has 1 rings (SSSR count). The number of halogens is 3. The molecule has 1 amide bonds. The highest BCUT2D eigenvalue weighted by atomic mass is 19.4. The summed E-state index contributed by atoms with van der Waals surface area (Å²) in [7, 11) is 0. The van der Waals surface area contributed by atoms with Gasteiger partial charge in [0, 0.05) is 17.8 Å². The summed E-state index contributed by atoms with van der Waals surface area (Å²) in [5, 5.41) is 2.61. The molecule has 0 spiro atoms. The van der Waals surface area contributed by atoms with Gasteiger partial charge in [-0.05, 0) is 26.8 Å². The van der Waals surface area contributed by atoms with E-state index in [9.17, 15) is 22.8 Å². The van der Waals surface area contributed by atoms with Crippen molar-refractivity contribution in [1.29, 1.82) is 0 Å². The minimum atomic E-state index is -4.47. The largest absolute Gasteiger partial charge is 0.468 e. The molecule has 1 N–H and O–H groups in total. The first-order chi connectivity index (χ1) is 10.5. The Morgan fingerprint density at radius 3 is 2.35 bits per heavy atom. The summed E-state index contributed by atoms with van der Waals surface area (Å²) in [4.78, 5) is 26.7. The first-order valence-electron chi connectivity index (χ1n) is 6.60. The Kier molecular flexibility index (Phi) is 5.94. The minimum absolute atomic E-state index is 0.00656. The monoisotopic (exact) mass is 334 g/mol. The molecule has 6 nitrogen and oxygen atoms in total. The van der Waals surface area contributed by atoms with Gasteiger partial charge in [-0.15, -0.1) is 0 Å². The molecule has 0 saturated heterocycles. The Bertz CT molecular complexity index is 551. The third kappa shape index (κ3) is 8.03. The van der Waals surface area contributed by atoms with E-state index in [1.54, 1.807) is 20.8 Å². The van der Waals surface area contributed by atoms with E-state index in [0.29, 0.717) is 0 Å². The standard InChI is InChI=1S/C14H17F3N2O4/c1-13(2,3)19-10(20)7-22-12(21)9-4-5-11(18-6-9)23-8-14(15,16)17/h4-6H,7-8H2,1-3H3,(H,19,20). The number of pyridine rings is 1. The zero-order chi connectivity index (χ0) is 17.7. The average molecular weight is 334 g/mol. The summed E-state index contributed by atoms with van der Waals surface area (Å²) in [5.41, 5.74) is -0.462. The van der Waals surface area contributed by atoms with Gasteiger partial charge in [-0.2, -0.15) is 13.2 Å². The zero-order valence-electron chi connectivity index (χ0n) is 12.9. The van der Waals surface area contributed by atoms with Crippen molar-refractivity contribution in [1.82, 2.24) is 10.3 Å². The number of ether oxygens (including phenoxy) is 2. The van der Waals surface area contributed by atoms with Gasteiger partial charge < -0.3 is 14.8 Å². The smallest absolute Gasteiger partial charge is 0.422 e. The normalized spacial score (nSPS) is 11.7. The highest BCUT2D eigenvalue weighted by molar-refractivity contribution is 5.91. The summed E-state index contributed by atoms with van der Waals surface area (Å²) in [6.07, 6.45) is -3.46. The van der Waals surface area contributed by atoms with Crippen LogP contribution in [0.2, 0.25) is 0 Å². The van der Waals surface area contributed by atoms with Crippen LogP contribution in [0.3, 0.4) is 0 Å². The summed E-state index contributed by atoms with van der Waals surface area (Å²) < 4.78 is 45.1. The lowest BCUT2D eigenvalue weighted by Gasteiger charge is -2.20. The SMILES string of the molecule is CC(C)(C)NC(=O)COC(=O)c1ccc(OCC(F)(F)F)nc1. The maximum absolute atomic E-state index is 12.0. The molecular weight excluding hydrogens is 317 g/mol. The molecule has 0 radical (unpaired) electrons. The zero-order valence-corrected chi connectivity index (χ0v) is 12.9. The van der Waals surface area contributed by atoms with Crippen LogP contribution in [-0.4, -0.2) is 41.8 Å². The van der Waals surface area contributed by atoms with Crippen molar-refractivity contribution in [2.75, 3.05) is 13.2 Å². The fourth-order valence-corrected chi connectivity index (χ4v) is 1.41. The van der Waals surface area contributed by atoms with Crippen LogP contribution in [0.15, 0.2) is 18.3 Å². The highest BCUT2D eigenvalue weighted by Gasteiger charge is 2.28. The van der Waals surface area contributed by atoms with Gasteiger partial charge >= 0.3 is 12.1 Å². The number of carbonyl (C=O) groups excluding carboxylic acids is 2. The van der Waals surface area contributed by atoms with Gasteiger partial charge in [-0.3, -0.25) is 4.79 Å². The lowest BCUT2D eigenvalue weighted by Crippen LogP contribution is -2.42. The van der Waals surface area contributed by atoms with Crippen LogP contribution in [-0.2, 0) is 9.53 Å². The number of nitrogens with zero attached hydrogens (tertiary/aromatic N) is 1. The van der Waals surface area contributed by atoms with Gasteiger partial charge in [-0.1, -0.05) is 0 Å². The predicted octanol–water partition coefficient (Wildman–Crippen LogP) is 2.09. The van der Waals surface area contributed by atoms with E-state index in [4.69, 9.17) is 4.74 Å². The van der Waals surface area contributed by atoms with Gasteiger partial charge in [0.05, 0.1) is 5.56 Å². The van der Waals surface area contributed by atoms with Crippen LogP contribution in [0.4, 0.5) is 13.2 Å². The molecule has 1 aromatic heterocycles. The van der Waals surface area contributed by atoms with Crippen LogP contribution < -0.4 is 10.1 Å². The second-order valence-corrected chi connectivity index (χ2v) is 5.66. The van der Waals surface area contributed by atoms with Crippen LogP contribution in [0.25, 0.3) is 0 Å². The third-order valence-corrected chi connectivity index (χ3v) is 2.20. The summed E-state index contributed by atoms with van der Waals surface area (Å²) >= 11 is 0. The maximum Gasteiger partial charge on any atom is 0.422 e. The topological polar surface area (TPSA) is 77.5 Å². The molecule has 0 aliphatic carbocycles. The van der Waals surface area contributed by atoms with E-state index in [1.165, 1.54) is 6.07 Å². The molecule has 0 atom stereocenters. The molecule has 0 saturated carbocycles. The summed E-state index contributed by atoms with van der Waals surface area (Å²) in [6, 6.07) is 2.31. The van der Waals surface area contributed by atoms with Gasteiger partial charge in [0.25, 0.3) is 5.91 Å². The van der Waals surface area contributed by atoms with Crippen LogP contribution in [0.5, 0.6) is 5.88 Å². The first-order valence-corrected chi connectivity index (χ1v) is 6.60. The number of carbonyl (C=O) groups is 2. The van der Waals surface area contributed by atoms with Crippen LogP contribution in [0.1, 0.15) is 31.1 Å². The van der Waals surface area contributed by atoms with Crippen molar-refractivity contribution < 1.29 is 32.2 Å². The van der Waals surface area contributed by atoms with Crippen molar-refractivity contribution in [2.24, 2.45) is 0 Å². The molecular formula is C14H17F3N2O4. The van der Waals surface area contributed by atoms with Crippen molar-refractivity contribution >= 4 is 11.9 Å². The van der Waals surface area contributed by atoms with E-state index < -0.39 is 36.8 Å². The van der Waals surface area contributed by atoms with E-state index in [-0.39, 0.29) is 11.4 Å². The number of aromatic nitrogens is 1. The van der Waals surface area contributed by atoms with Gasteiger partial charge in [0.2, 0.25) is 5.88 Å². The van der Waals surface area contributed by atoms with E-state index in [1.807, 2.05) is 0 Å². The fourth-order valence-electron chi connectivity index (χ4n) is 1.41. The Morgan fingerprint density at radius 1 is 1.22 bits per heavy atom. The Hall–Kier alpha value is -2.32. The molecule has 1 aromatic rings. The maximum atomic E-state index is 12.0. The highest BCUT2D eigenvalue weighted by Crippen LogP contribution is 2.17. The average Bonchev–Trinajstić information content (AvgIpc) is 2.40. The molecule has 0 aliphatic heterocycles. The molecule has 0 aromatic carbocycles. The molecule has 128 valence electrons. The minimum Gasteiger partial charge on any atom is -0.468 e. The summed E-state index contributed by atoms with van der Waals surface area (Å²) in [5.74, 6) is -1.56. The second kappa shape index (κ2) is 7.30. The second-order valence-electron chi connectivity index (χ2n) is 5.66. The molecule has 0 fully saturated rings. The van der Waals surface area contributed by atoms with Crippen LogP contribution in [0, 0.1) is 0 Å². The van der Waals surface area contributed by atoms with Crippen molar-refractivity contribution in [2.45, 2.75) is 32.5 Å². The molecule has 1 heterocycles. The third-order valence-electron chi connectivity index (χ3n) is 2.20. The van der Waals surface area contributed by atoms with Gasteiger partial charge in [-0.25, -0.2) is 9.78 Å². The van der Waals surface area contributed by atoms with Gasteiger partial charge in [0.15, 0.2) is 13.2 Å². The first kappa shape index (κ1) is 18.7. The quantitative estimate of drug-likeness (QED) is 0.835. The lowest BCUT2D eigenvalue weighted by atomic mass is 10.1. The number of amides is 1. The molecule has 0 aliphatic rings. The number of hydrogen-bond donors (Lipinski definition) is 1. The van der Waals surface area contributed by atoms with Crippen molar-refractivity contribution in [3.8, 4) is 5.88 Å². The number of nitrogens with one attached hydrogen (secondary N) is 1. The van der Waals surface area contributed by atoms with Gasteiger partial charge in [0.1, 0.15) is 0 Å². The number of esters is 1. The number of hydrogen-bond acceptors (Lipinski definition) is 5. The Labute approximate surface area is 131 Å². The van der Waals surface area contributed by atoms with Crippen molar-refractivity contribution in [3.05, 3.63) is 23.9 Å². The Morgan fingerprint density at radius 2 is 1.87 bits per heavy atom. The Balaban J connectivity index is 2.50. The van der Waals surface area contributed by atoms with Crippen LogP contribution >= 0.6 is 0 Å². The van der Waals surface area contributed by atoms with Crippen molar-refractivity contribution in [3.63, 3.8) is 0 Å². The molecule has 9 heteroatoms. The predicted molar refractivity (Wildman–Crippen MR) is 74.0 cm³/mol. The summed E-state index contributed by atoms with van der Waals surface area (Å²) in [6.45, 7) is 3.38. The van der Waals surface area contributed by atoms with E-state index in [2.05, 4.69) is 15.0 Å². The number of alkyl halides is 3.